The number of nitrogens with zero attached hydrogens (tertiary/aromatic N) is 1. The van der Waals surface area contributed by atoms with Crippen molar-refractivity contribution >= 4 is 23.9 Å². The fraction of sp³-hybridized carbons (Fsp3) is 0.500. The number of carboxylic acids is 1. The molecule has 0 spiro atoms. The number of imide groups is 1. The minimum Gasteiger partial charge on any atom is -0.480 e. The van der Waals surface area contributed by atoms with Gasteiger partial charge in [-0.15, -0.1) is 0 Å². The Bertz CT molecular complexity index is 313. The number of rotatable bonds is 6. The van der Waals surface area contributed by atoms with E-state index in [-0.39, 0.29) is 0 Å². The first-order valence-electron chi connectivity index (χ1n) is 4.45. The standard InChI is InChI=1S/C8H13N3O6/c1-17-8(16)10-6(13)3-11(2-5(9)12)4-7(14)15/h2-4H2,1H3,(H2,9,12)(H,14,15)(H,10,13,16). The molecule has 3 amide bonds. The molecule has 0 rings (SSSR count). The molecule has 0 atom stereocenters. The highest BCUT2D eigenvalue weighted by Gasteiger charge is 2.17. The summed E-state index contributed by atoms with van der Waals surface area (Å²) in [7, 11) is 1.07. The van der Waals surface area contributed by atoms with Crippen molar-refractivity contribution in [3.8, 4) is 0 Å². The van der Waals surface area contributed by atoms with Crippen LogP contribution in [0, 0.1) is 0 Å². The summed E-state index contributed by atoms with van der Waals surface area (Å²) in [6.45, 7) is -1.40. The predicted molar refractivity (Wildman–Crippen MR) is 53.8 cm³/mol. The molecule has 4 N–H and O–H groups in total. The van der Waals surface area contributed by atoms with Gasteiger partial charge in [0.05, 0.1) is 26.7 Å². The third-order valence-electron chi connectivity index (χ3n) is 1.53. The molecule has 9 heteroatoms. The van der Waals surface area contributed by atoms with E-state index in [0.29, 0.717) is 0 Å². The first-order chi connectivity index (χ1) is 7.85. The van der Waals surface area contributed by atoms with Gasteiger partial charge < -0.3 is 15.6 Å². The maximum atomic E-state index is 11.2. The van der Waals surface area contributed by atoms with E-state index in [4.69, 9.17) is 10.8 Å². The molecule has 0 saturated heterocycles. The van der Waals surface area contributed by atoms with Gasteiger partial charge in [0.15, 0.2) is 0 Å². The van der Waals surface area contributed by atoms with E-state index in [0.717, 1.165) is 12.0 Å². The molecule has 0 aromatic heterocycles. The Morgan fingerprint density at radius 2 is 1.82 bits per heavy atom. The smallest absolute Gasteiger partial charge is 0.413 e. The van der Waals surface area contributed by atoms with E-state index in [9.17, 15) is 19.2 Å². The van der Waals surface area contributed by atoms with Crippen LogP contribution in [0.5, 0.6) is 0 Å². The quantitative estimate of drug-likeness (QED) is 0.481. The van der Waals surface area contributed by atoms with Crippen molar-refractivity contribution in [1.82, 2.24) is 10.2 Å². The van der Waals surface area contributed by atoms with E-state index in [1.54, 1.807) is 0 Å². The molecule has 0 aliphatic heterocycles. The Kier molecular flexibility index (Phi) is 6.26. The van der Waals surface area contributed by atoms with Crippen molar-refractivity contribution < 1.29 is 29.0 Å². The molecule has 0 bridgehead atoms. The molecule has 0 aromatic carbocycles. The van der Waals surface area contributed by atoms with Crippen LogP contribution in [0.3, 0.4) is 0 Å². The molecule has 0 aliphatic carbocycles. The lowest BCUT2D eigenvalue weighted by Gasteiger charge is -2.16. The zero-order chi connectivity index (χ0) is 13.4. The van der Waals surface area contributed by atoms with Gasteiger partial charge in [0, 0.05) is 0 Å². The molecule has 9 nitrogen and oxygen atoms in total. The van der Waals surface area contributed by atoms with Crippen molar-refractivity contribution in [2.45, 2.75) is 0 Å². The van der Waals surface area contributed by atoms with E-state index in [2.05, 4.69) is 4.74 Å². The number of nitrogens with one attached hydrogen (secondary N) is 1. The fourth-order valence-corrected chi connectivity index (χ4v) is 0.987. The summed E-state index contributed by atoms with van der Waals surface area (Å²) < 4.78 is 4.17. The molecule has 17 heavy (non-hydrogen) atoms. The first-order valence-corrected chi connectivity index (χ1v) is 4.45. The van der Waals surface area contributed by atoms with Crippen LogP contribution >= 0.6 is 0 Å². The molecule has 0 saturated carbocycles. The van der Waals surface area contributed by atoms with Gasteiger partial charge in [-0.1, -0.05) is 0 Å². The maximum Gasteiger partial charge on any atom is 0.413 e. The maximum absolute atomic E-state index is 11.2. The summed E-state index contributed by atoms with van der Waals surface area (Å²) in [6.07, 6.45) is -0.968. The Labute approximate surface area is 96.5 Å². The zero-order valence-electron chi connectivity index (χ0n) is 9.13. The number of amides is 3. The van der Waals surface area contributed by atoms with Crippen molar-refractivity contribution in [2.24, 2.45) is 5.73 Å². The lowest BCUT2D eigenvalue weighted by atomic mass is 10.4. The Balaban J connectivity index is 4.31. The van der Waals surface area contributed by atoms with Crippen molar-refractivity contribution in [3.63, 3.8) is 0 Å². The van der Waals surface area contributed by atoms with Gasteiger partial charge in [-0.3, -0.25) is 24.6 Å². The van der Waals surface area contributed by atoms with Crippen LogP contribution in [0.15, 0.2) is 0 Å². The van der Waals surface area contributed by atoms with E-state index in [1.807, 2.05) is 5.32 Å². The van der Waals surface area contributed by atoms with Gasteiger partial charge in [-0.05, 0) is 0 Å². The van der Waals surface area contributed by atoms with Gasteiger partial charge in [0.25, 0.3) is 0 Å². The second kappa shape index (κ2) is 7.17. The normalized spacial score (nSPS) is 9.76. The van der Waals surface area contributed by atoms with Crippen molar-refractivity contribution in [3.05, 3.63) is 0 Å². The molecular formula is C8H13N3O6. The summed E-state index contributed by atoms with van der Waals surface area (Å²) >= 11 is 0. The van der Waals surface area contributed by atoms with Crippen LogP contribution < -0.4 is 11.1 Å². The number of carbonyl (C=O) groups excluding carboxylic acids is 3. The minimum absolute atomic E-state index is 0.402. The monoisotopic (exact) mass is 247 g/mol. The number of methoxy groups -OCH3 is 1. The first kappa shape index (κ1) is 14.8. The summed E-state index contributed by atoms with van der Waals surface area (Å²) in [5, 5.41) is 10.3. The van der Waals surface area contributed by atoms with E-state index >= 15 is 0 Å². The summed E-state index contributed by atoms with van der Waals surface area (Å²) in [5.74, 6) is -2.80. The average molecular weight is 247 g/mol. The molecule has 0 radical (unpaired) electrons. The van der Waals surface area contributed by atoms with Crippen LogP contribution in [0.2, 0.25) is 0 Å². The van der Waals surface area contributed by atoms with Gasteiger partial charge in [0.2, 0.25) is 11.8 Å². The van der Waals surface area contributed by atoms with Crippen LogP contribution in [0.1, 0.15) is 0 Å². The molecule has 0 fully saturated rings. The summed E-state index contributed by atoms with van der Waals surface area (Å²) in [5.41, 5.74) is 4.88. The Hall–Kier alpha value is -2.16. The molecule has 0 aromatic rings. The van der Waals surface area contributed by atoms with Crippen LogP contribution in [0.4, 0.5) is 4.79 Å². The van der Waals surface area contributed by atoms with Gasteiger partial charge >= 0.3 is 12.1 Å². The highest BCUT2D eigenvalue weighted by molar-refractivity contribution is 5.93. The third kappa shape index (κ3) is 7.73. The highest BCUT2D eigenvalue weighted by atomic mass is 16.5. The third-order valence-corrected chi connectivity index (χ3v) is 1.53. The topological polar surface area (TPSA) is 139 Å². The van der Waals surface area contributed by atoms with Crippen molar-refractivity contribution in [1.29, 1.82) is 0 Å². The van der Waals surface area contributed by atoms with E-state index in [1.165, 1.54) is 0 Å². The predicted octanol–water partition coefficient (Wildman–Crippen LogP) is -2.26. The van der Waals surface area contributed by atoms with Crippen LogP contribution in [-0.2, 0) is 19.1 Å². The molecule has 0 heterocycles. The van der Waals surface area contributed by atoms with Crippen LogP contribution in [0.25, 0.3) is 0 Å². The van der Waals surface area contributed by atoms with Crippen molar-refractivity contribution in [2.75, 3.05) is 26.7 Å². The number of ether oxygens (including phenoxy) is 1. The molecule has 0 unspecified atom stereocenters. The number of carboxylic acid groups (broad SMARTS) is 1. The number of alkyl carbamates (subject to hydrolysis) is 1. The van der Waals surface area contributed by atoms with Gasteiger partial charge in [0.1, 0.15) is 0 Å². The number of carbonyl (C=O) groups is 4. The number of aliphatic carboxylic acids is 1. The highest BCUT2D eigenvalue weighted by Crippen LogP contribution is 1.88. The second-order valence-corrected chi connectivity index (χ2v) is 3.04. The Morgan fingerprint density at radius 3 is 2.24 bits per heavy atom. The summed E-state index contributed by atoms with van der Waals surface area (Å²) in [6, 6.07) is 0. The molecular weight excluding hydrogens is 234 g/mol. The van der Waals surface area contributed by atoms with Gasteiger partial charge in [-0.2, -0.15) is 0 Å². The number of hydrogen-bond acceptors (Lipinski definition) is 6. The van der Waals surface area contributed by atoms with Gasteiger partial charge in [-0.25, -0.2) is 4.79 Å². The minimum atomic E-state index is -1.22. The Morgan fingerprint density at radius 1 is 1.24 bits per heavy atom. The lowest BCUT2D eigenvalue weighted by Crippen LogP contribution is -2.45. The largest absolute Gasteiger partial charge is 0.480 e. The van der Waals surface area contributed by atoms with Crippen LogP contribution in [-0.4, -0.2) is 60.6 Å². The number of primary amides is 1. The zero-order valence-corrected chi connectivity index (χ0v) is 9.13. The molecule has 0 aliphatic rings. The summed E-state index contributed by atoms with van der Waals surface area (Å²) in [4.78, 5) is 43.9. The lowest BCUT2D eigenvalue weighted by molar-refractivity contribution is -0.139. The molecule has 96 valence electrons. The van der Waals surface area contributed by atoms with E-state index < -0.39 is 43.5 Å². The number of hydrogen-bond donors (Lipinski definition) is 3. The second-order valence-electron chi connectivity index (χ2n) is 3.04. The SMILES string of the molecule is COC(=O)NC(=O)CN(CC(N)=O)CC(=O)O. The average Bonchev–Trinajstić information content (AvgIpc) is 2.14. The fourth-order valence-electron chi connectivity index (χ4n) is 0.987. The number of nitrogens with two attached hydrogens (primary N) is 1.